The molecule has 1 aliphatic carbocycles. The number of aliphatic hydroxyl groups is 1. The Morgan fingerprint density at radius 1 is 1.35 bits per heavy atom. The maximum Gasteiger partial charge on any atom is 0.192 e. The van der Waals surface area contributed by atoms with Crippen molar-refractivity contribution < 1.29 is 9.53 Å². The van der Waals surface area contributed by atoms with Crippen LogP contribution in [0.2, 0.25) is 18.1 Å². The van der Waals surface area contributed by atoms with E-state index in [2.05, 4.69) is 46.0 Å². The molecule has 0 spiro atoms. The predicted molar refractivity (Wildman–Crippen MR) is 75.6 cm³/mol. The minimum Gasteiger partial charge on any atom is -0.410 e. The van der Waals surface area contributed by atoms with Crippen LogP contribution in [0.25, 0.3) is 0 Å². The van der Waals surface area contributed by atoms with Gasteiger partial charge in [-0.05, 0) is 43.3 Å². The molecule has 2 atom stereocenters. The van der Waals surface area contributed by atoms with Gasteiger partial charge in [-0.1, -0.05) is 32.9 Å². The third-order valence-electron chi connectivity index (χ3n) is 4.23. The van der Waals surface area contributed by atoms with Crippen LogP contribution in [-0.2, 0) is 4.43 Å². The van der Waals surface area contributed by atoms with E-state index in [1.165, 1.54) is 0 Å². The van der Waals surface area contributed by atoms with Crippen molar-refractivity contribution in [2.75, 3.05) is 6.61 Å². The SMILES string of the molecule is CC(C)(C)[Si](C)(C)O[C@H]1C=CCC[C@H]1CCO. The van der Waals surface area contributed by atoms with E-state index >= 15 is 0 Å². The second kappa shape index (κ2) is 5.68. The highest BCUT2D eigenvalue weighted by molar-refractivity contribution is 6.74. The fourth-order valence-corrected chi connectivity index (χ4v) is 3.29. The fourth-order valence-electron chi connectivity index (χ4n) is 1.99. The molecule has 1 aliphatic rings. The largest absolute Gasteiger partial charge is 0.410 e. The van der Waals surface area contributed by atoms with Gasteiger partial charge in [-0.25, -0.2) is 0 Å². The second-order valence-corrected chi connectivity index (χ2v) is 11.4. The zero-order valence-electron chi connectivity index (χ0n) is 12.0. The number of hydrogen-bond donors (Lipinski definition) is 1. The highest BCUT2D eigenvalue weighted by Gasteiger charge is 2.40. The zero-order valence-corrected chi connectivity index (χ0v) is 13.0. The zero-order chi connectivity index (χ0) is 13.1. The average molecular weight is 256 g/mol. The van der Waals surface area contributed by atoms with Crippen LogP contribution in [0.5, 0.6) is 0 Å². The molecule has 1 rings (SSSR count). The van der Waals surface area contributed by atoms with E-state index in [-0.39, 0.29) is 17.7 Å². The van der Waals surface area contributed by atoms with Gasteiger partial charge in [0, 0.05) is 6.61 Å². The Labute approximate surface area is 107 Å². The van der Waals surface area contributed by atoms with Crippen LogP contribution in [0.3, 0.4) is 0 Å². The topological polar surface area (TPSA) is 29.5 Å². The monoisotopic (exact) mass is 256 g/mol. The lowest BCUT2D eigenvalue weighted by atomic mass is 9.89. The van der Waals surface area contributed by atoms with Gasteiger partial charge in [0.15, 0.2) is 8.32 Å². The molecule has 0 unspecified atom stereocenters. The van der Waals surface area contributed by atoms with Crippen molar-refractivity contribution in [2.45, 2.75) is 64.3 Å². The van der Waals surface area contributed by atoms with Crippen LogP contribution in [0.1, 0.15) is 40.0 Å². The molecule has 0 aromatic heterocycles. The van der Waals surface area contributed by atoms with Gasteiger partial charge in [-0.15, -0.1) is 0 Å². The van der Waals surface area contributed by atoms with Crippen molar-refractivity contribution >= 4 is 8.32 Å². The van der Waals surface area contributed by atoms with Crippen LogP contribution < -0.4 is 0 Å². The molecule has 0 saturated carbocycles. The molecule has 0 aromatic rings. The first-order valence-corrected chi connectivity index (χ1v) is 9.64. The van der Waals surface area contributed by atoms with Crippen molar-refractivity contribution in [1.82, 2.24) is 0 Å². The first kappa shape index (κ1) is 14.9. The summed E-state index contributed by atoms with van der Waals surface area (Å²) in [5.74, 6) is 0.499. The van der Waals surface area contributed by atoms with Gasteiger partial charge >= 0.3 is 0 Å². The van der Waals surface area contributed by atoms with E-state index in [0.29, 0.717) is 5.92 Å². The summed E-state index contributed by atoms with van der Waals surface area (Å²) in [4.78, 5) is 0. The molecule has 3 heteroatoms. The molecule has 0 heterocycles. The van der Waals surface area contributed by atoms with E-state index in [0.717, 1.165) is 19.3 Å². The molecule has 0 aliphatic heterocycles. The van der Waals surface area contributed by atoms with E-state index in [9.17, 15) is 0 Å². The summed E-state index contributed by atoms with van der Waals surface area (Å²) in [6.45, 7) is 11.7. The minimum absolute atomic E-state index is 0.219. The van der Waals surface area contributed by atoms with Crippen molar-refractivity contribution in [3.8, 4) is 0 Å². The van der Waals surface area contributed by atoms with E-state index in [1.54, 1.807) is 0 Å². The summed E-state index contributed by atoms with van der Waals surface area (Å²) in [6.07, 6.45) is 7.80. The predicted octanol–water partition coefficient (Wildman–Crippen LogP) is 3.73. The summed E-state index contributed by atoms with van der Waals surface area (Å²) >= 11 is 0. The fraction of sp³-hybridized carbons (Fsp3) is 0.857. The third kappa shape index (κ3) is 3.93. The van der Waals surface area contributed by atoms with Crippen LogP contribution in [0, 0.1) is 5.92 Å². The Bertz CT molecular complexity index is 266. The number of rotatable bonds is 4. The maximum atomic E-state index is 9.13. The lowest BCUT2D eigenvalue weighted by Crippen LogP contribution is -2.45. The summed E-state index contributed by atoms with van der Waals surface area (Å²) in [7, 11) is -1.70. The normalized spacial score (nSPS) is 26.2. The summed E-state index contributed by atoms with van der Waals surface area (Å²) in [5.41, 5.74) is 0. The van der Waals surface area contributed by atoms with E-state index < -0.39 is 8.32 Å². The van der Waals surface area contributed by atoms with Crippen LogP contribution in [-0.4, -0.2) is 26.1 Å². The van der Waals surface area contributed by atoms with Crippen molar-refractivity contribution in [1.29, 1.82) is 0 Å². The summed E-state index contributed by atoms with van der Waals surface area (Å²) in [6, 6.07) is 0. The third-order valence-corrected chi connectivity index (χ3v) is 8.71. The summed E-state index contributed by atoms with van der Waals surface area (Å²) in [5, 5.41) is 9.38. The summed E-state index contributed by atoms with van der Waals surface area (Å²) < 4.78 is 6.45. The number of aliphatic hydroxyl groups excluding tert-OH is 1. The Kier molecular flexibility index (Phi) is 4.99. The van der Waals surface area contributed by atoms with Gasteiger partial charge in [-0.2, -0.15) is 0 Å². The smallest absolute Gasteiger partial charge is 0.192 e. The minimum atomic E-state index is -1.70. The van der Waals surface area contributed by atoms with Gasteiger partial charge in [0.05, 0.1) is 6.10 Å². The highest BCUT2D eigenvalue weighted by atomic mass is 28.4. The molecule has 0 amide bonds. The van der Waals surface area contributed by atoms with Gasteiger partial charge < -0.3 is 9.53 Å². The molecule has 0 aromatic carbocycles. The van der Waals surface area contributed by atoms with Crippen molar-refractivity contribution in [3.05, 3.63) is 12.2 Å². The van der Waals surface area contributed by atoms with E-state index in [1.807, 2.05) is 0 Å². The number of hydrogen-bond acceptors (Lipinski definition) is 2. The molecular weight excluding hydrogens is 228 g/mol. The standard InChI is InChI=1S/C14H28O2Si/c1-14(2,3)17(4,5)16-13-9-7-6-8-12(13)10-11-15/h7,9,12-13,15H,6,8,10-11H2,1-5H3/t12-,13-/m0/s1. The van der Waals surface area contributed by atoms with Crippen LogP contribution in [0.15, 0.2) is 12.2 Å². The molecular formula is C14H28O2Si. The van der Waals surface area contributed by atoms with Gasteiger partial charge in [-0.3, -0.25) is 0 Å². The lowest BCUT2D eigenvalue weighted by molar-refractivity contribution is 0.123. The van der Waals surface area contributed by atoms with Crippen molar-refractivity contribution in [2.24, 2.45) is 5.92 Å². The number of allylic oxidation sites excluding steroid dienone is 1. The molecule has 2 nitrogen and oxygen atoms in total. The van der Waals surface area contributed by atoms with Crippen LogP contribution in [0.4, 0.5) is 0 Å². The molecule has 100 valence electrons. The highest BCUT2D eigenvalue weighted by Crippen LogP contribution is 2.39. The quantitative estimate of drug-likeness (QED) is 0.613. The molecule has 0 saturated heterocycles. The maximum absolute atomic E-state index is 9.13. The van der Waals surface area contributed by atoms with Gasteiger partial charge in [0.1, 0.15) is 0 Å². The Balaban J connectivity index is 2.71. The van der Waals surface area contributed by atoms with Gasteiger partial charge in [0.2, 0.25) is 0 Å². The lowest BCUT2D eigenvalue weighted by Gasteiger charge is -2.41. The first-order chi connectivity index (χ1) is 7.78. The Morgan fingerprint density at radius 3 is 2.53 bits per heavy atom. The van der Waals surface area contributed by atoms with E-state index in [4.69, 9.17) is 9.53 Å². The van der Waals surface area contributed by atoms with Gasteiger partial charge in [0.25, 0.3) is 0 Å². The molecule has 1 N–H and O–H groups in total. The molecule has 0 fully saturated rings. The van der Waals surface area contributed by atoms with Crippen molar-refractivity contribution in [3.63, 3.8) is 0 Å². The Morgan fingerprint density at radius 2 is 2.00 bits per heavy atom. The van der Waals surface area contributed by atoms with Crippen LogP contribution >= 0.6 is 0 Å². The Hall–Kier alpha value is -0.123. The molecule has 0 radical (unpaired) electrons. The average Bonchev–Trinajstić information content (AvgIpc) is 2.19. The molecule has 0 bridgehead atoms. The first-order valence-electron chi connectivity index (χ1n) is 6.73. The second-order valence-electron chi connectivity index (χ2n) is 6.62. The molecule has 17 heavy (non-hydrogen) atoms.